The molecule has 1 unspecified atom stereocenters. The maximum absolute atomic E-state index is 5.84. The van der Waals surface area contributed by atoms with Crippen LogP contribution < -0.4 is 10.1 Å². The third-order valence-electron chi connectivity index (χ3n) is 4.59. The van der Waals surface area contributed by atoms with Gasteiger partial charge >= 0.3 is 0 Å². The number of guanidine groups is 1. The molecule has 6 heteroatoms. The molecule has 27 heavy (non-hydrogen) atoms. The van der Waals surface area contributed by atoms with Gasteiger partial charge in [0.05, 0.1) is 13.2 Å². The number of hydrogen-bond acceptors (Lipinski definition) is 3. The fourth-order valence-corrected chi connectivity index (χ4v) is 3.04. The van der Waals surface area contributed by atoms with E-state index >= 15 is 0 Å². The van der Waals surface area contributed by atoms with Crippen LogP contribution in [-0.2, 0) is 10.2 Å². The molecule has 1 saturated heterocycles. The van der Waals surface area contributed by atoms with Crippen LogP contribution in [0.15, 0.2) is 29.3 Å². The van der Waals surface area contributed by atoms with Gasteiger partial charge in [0.25, 0.3) is 0 Å². The minimum Gasteiger partial charge on any atom is -0.492 e. The fraction of sp³-hybridized carbons (Fsp3) is 0.667. The molecule has 1 aliphatic heterocycles. The van der Waals surface area contributed by atoms with Crippen molar-refractivity contribution in [1.82, 2.24) is 10.2 Å². The van der Waals surface area contributed by atoms with Gasteiger partial charge in [-0.1, -0.05) is 32.9 Å². The summed E-state index contributed by atoms with van der Waals surface area (Å²) in [6, 6.07) is 8.36. The average molecular weight is 489 g/mol. The molecule has 0 radical (unpaired) electrons. The zero-order valence-corrected chi connectivity index (χ0v) is 19.8. The predicted molar refractivity (Wildman–Crippen MR) is 124 cm³/mol. The highest BCUT2D eigenvalue weighted by Crippen LogP contribution is 2.24. The Bertz CT molecular complexity index is 564. The van der Waals surface area contributed by atoms with E-state index < -0.39 is 0 Å². The Balaban J connectivity index is 0.00000364. The van der Waals surface area contributed by atoms with Crippen molar-refractivity contribution < 1.29 is 9.47 Å². The first-order chi connectivity index (χ1) is 12.4. The largest absolute Gasteiger partial charge is 0.492 e. The van der Waals surface area contributed by atoms with Gasteiger partial charge in [-0.2, -0.15) is 0 Å². The molecule has 0 aromatic heterocycles. The first kappa shape index (κ1) is 24.0. The Morgan fingerprint density at radius 2 is 2.00 bits per heavy atom. The van der Waals surface area contributed by atoms with Gasteiger partial charge in [0.1, 0.15) is 12.4 Å². The molecule has 0 spiro atoms. The Morgan fingerprint density at radius 1 is 1.30 bits per heavy atom. The van der Waals surface area contributed by atoms with E-state index in [1.807, 2.05) is 12.1 Å². The Hall–Kier alpha value is -1.02. The minimum absolute atomic E-state index is 0. The molecule has 0 saturated carbocycles. The topological polar surface area (TPSA) is 46.1 Å². The van der Waals surface area contributed by atoms with Crippen molar-refractivity contribution in [1.29, 1.82) is 0 Å². The molecular formula is C21H36IN3O2. The Kier molecular flexibility index (Phi) is 10.4. The van der Waals surface area contributed by atoms with Gasteiger partial charge in [-0.15, -0.1) is 24.0 Å². The standard InChI is InChI=1S/C21H35N3O2.HI/c1-6-22-20(24(5)15-17-11-13-25-16-17)23-12-14-26-19-9-7-18(8-10-19)21(2,3)4;/h7-10,17H,6,11-16H2,1-5H3,(H,22,23);1H. The van der Waals surface area contributed by atoms with E-state index in [1.165, 1.54) is 5.56 Å². The maximum Gasteiger partial charge on any atom is 0.193 e. The fourth-order valence-electron chi connectivity index (χ4n) is 3.04. The van der Waals surface area contributed by atoms with Crippen molar-refractivity contribution in [2.45, 2.75) is 39.5 Å². The van der Waals surface area contributed by atoms with Crippen LogP contribution in [0.25, 0.3) is 0 Å². The van der Waals surface area contributed by atoms with Crippen LogP contribution in [0.4, 0.5) is 0 Å². The van der Waals surface area contributed by atoms with Crippen molar-refractivity contribution >= 4 is 29.9 Å². The normalized spacial score (nSPS) is 17.4. The number of aliphatic imine (C=N–C) groups is 1. The number of rotatable bonds is 7. The Labute approximate surface area is 181 Å². The number of benzene rings is 1. The molecule has 1 aromatic rings. The van der Waals surface area contributed by atoms with E-state index in [9.17, 15) is 0 Å². The van der Waals surface area contributed by atoms with Crippen molar-refractivity contribution in [2.75, 3.05) is 46.5 Å². The van der Waals surface area contributed by atoms with E-state index in [0.717, 1.165) is 44.4 Å². The smallest absolute Gasteiger partial charge is 0.193 e. The van der Waals surface area contributed by atoms with Gasteiger partial charge in [-0.05, 0) is 36.5 Å². The van der Waals surface area contributed by atoms with E-state index in [-0.39, 0.29) is 29.4 Å². The molecule has 1 aliphatic rings. The van der Waals surface area contributed by atoms with E-state index in [0.29, 0.717) is 19.1 Å². The second-order valence-corrected chi connectivity index (χ2v) is 7.97. The molecule has 0 bridgehead atoms. The molecule has 154 valence electrons. The summed E-state index contributed by atoms with van der Waals surface area (Å²) in [5.41, 5.74) is 1.48. The summed E-state index contributed by atoms with van der Waals surface area (Å²) >= 11 is 0. The van der Waals surface area contributed by atoms with Crippen LogP contribution in [0.3, 0.4) is 0 Å². The lowest BCUT2D eigenvalue weighted by Gasteiger charge is -2.24. The lowest BCUT2D eigenvalue weighted by Crippen LogP contribution is -2.41. The van der Waals surface area contributed by atoms with Crippen LogP contribution in [0.1, 0.15) is 39.7 Å². The number of halogens is 1. The quantitative estimate of drug-likeness (QED) is 0.273. The monoisotopic (exact) mass is 489 g/mol. The summed E-state index contributed by atoms with van der Waals surface area (Å²) in [5, 5.41) is 3.36. The second kappa shape index (κ2) is 11.7. The van der Waals surface area contributed by atoms with Crippen molar-refractivity contribution in [2.24, 2.45) is 10.9 Å². The van der Waals surface area contributed by atoms with Crippen LogP contribution >= 0.6 is 24.0 Å². The summed E-state index contributed by atoms with van der Waals surface area (Å²) in [7, 11) is 2.09. The summed E-state index contributed by atoms with van der Waals surface area (Å²) < 4.78 is 11.3. The van der Waals surface area contributed by atoms with Crippen molar-refractivity contribution in [3.8, 4) is 5.75 Å². The summed E-state index contributed by atoms with van der Waals surface area (Å²) in [6.45, 7) is 13.5. The second-order valence-electron chi connectivity index (χ2n) is 7.97. The average Bonchev–Trinajstić information content (AvgIpc) is 3.10. The lowest BCUT2D eigenvalue weighted by atomic mass is 9.87. The molecule has 1 fully saturated rings. The molecule has 0 amide bonds. The van der Waals surface area contributed by atoms with Gasteiger partial charge in [0, 0.05) is 32.7 Å². The molecule has 0 aliphatic carbocycles. The highest BCUT2D eigenvalue weighted by Gasteiger charge is 2.19. The van der Waals surface area contributed by atoms with Gasteiger partial charge in [0.15, 0.2) is 5.96 Å². The Morgan fingerprint density at radius 3 is 2.56 bits per heavy atom. The number of nitrogens with zero attached hydrogens (tertiary/aromatic N) is 2. The van der Waals surface area contributed by atoms with E-state index in [1.54, 1.807) is 0 Å². The molecule has 1 heterocycles. The van der Waals surface area contributed by atoms with Crippen LogP contribution in [0.2, 0.25) is 0 Å². The lowest BCUT2D eigenvalue weighted by molar-refractivity contribution is 0.181. The molecule has 5 nitrogen and oxygen atoms in total. The highest BCUT2D eigenvalue weighted by atomic mass is 127. The molecule has 1 atom stereocenters. The van der Waals surface area contributed by atoms with Gasteiger partial charge < -0.3 is 19.7 Å². The van der Waals surface area contributed by atoms with E-state index in [4.69, 9.17) is 14.5 Å². The number of nitrogens with one attached hydrogen (secondary N) is 1. The summed E-state index contributed by atoms with van der Waals surface area (Å²) in [6.07, 6.45) is 1.14. The number of ether oxygens (including phenoxy) is 2. The molecule has 2 rings (SSSR count). The molecular weight excluding hydrogens is 453 g/mol. The van der Waals surface area contributed by atoms with Crippen molar-refractivity contribution in [3.05, 3.63) is 29.8 Å². The van der Waals surface area contributed by atoms with E-state index in [2.05, 4.69) is 57.1 Å². The SMILES string of the molecule is CCNC(=NCCOc1ccc(C(C)(C)C)cc1)N(C)CC1CCOC1.I. The summed E-state index contributed by atoms with van der Waals surface area (Å²) in [5.74, 6) is 2.43. The number of hydrogen-bond donors (Lipinski definition) is 1. The third-order valence-corrected chi connectivity index (χ3v) is 4.59. The van der Waals surface area contributed by atoms with Crippen molar-refractivity contribution in [3.63, 3.8) is 0 Å². The first-order valence-corrected chi connectivity index (χ1v) is 9.70. The summed E-state index contributed by atoms with van der Waals surface area (Å²) in [4.78, 5) is 6.89. The van der Waals surface area contributed by atoms with Gasteiger partial charge in [0.2, 0.25) is 0 Å². The van der Waals surface area contributed by atoms with Crippen LogP contribution in [0.5, 0.6) is 5.75 Å². The van der Waals surface area contributed by atoms with Crippen LogP contribution in [0, 0.1) is 5.92 Å². The third kappa shape index (κ3) is 8.25. The first-order valence-electron chi connectivity index (χ1n) is 9.70. The van der Waals surface area contributed by atoms with Gasteiger partial charge in [-0.25, -0.2) is 4.99 Å². The zero-order chi connectivity index (χ0) is 19.0. The predicted octanol–water partition coefficient (Wildman–Crippen LogP) is 3.91. The minimum atomic E-state index is 0. The molecule has 1 N–H and O–H groups in total. The highest BCUT2D eigenvalue weighted by molar-refractivity contribution is 14.0. The van der Waals surface area contributed by atoms with Gasteiger partial charge in [-0.3, -0.25) is 0 Å². The maximum atomic E-state index is 5.84. The van der Waals surface area contributed by atoms with Crippen LogP contribution in [-0.4, -0.2) is 57.4 Å². The zero-order valence-electron chi connectivity index (χ0n) is 17.5. The molecule has 1 aromatic carbocycles.